The first-order chi connectivity index (χ1) is 7.36. The fourth-order valence-corrected chi connectivity index (χ4v) is 1.50. The molecule has 0 aromatic heterocycles. The summed E-state index contributed by atoms with van der Waals surface area (Å²) in [6, 6.07) is 10.4. The maximum Gasteiger partial charge on any atom is 0.0601 e. The lowest BCUT2D eigenvalue weighted by atomic mass is 10.2. The quantitative estimate of drug-likeness (QED) is 0.708. The van der Waals surface area contributed by atoms with Gasteiger partial charge in [-0.3, -0.25) is 4.90 Å². The Bertz CT molecular complexity index is 300. The first-order valence-corrected chi connectivity index (χ1v) is 5.26. The van der Waals surface area contributed by atoms with E-state index in [1.165, 1.54) is 5.56 Å². The van der Waals surface area contributed by atoms with E-state index in [1.807, 2.05) is 18.2 Å². The lowest BCUT2D eigenvalue weighted by molar-refractivity contribution is 0.297. The average Bonchev–Trinajstić information content (AvgIpc) is 2.28. The van der Waals surface area contributed by atoms with Gasteiger partial charge in [-0.2, -0.15) is 0 Å². The van der Waals surface area contributed by atoms with Gasteiger partial charge in [0.2, 0.25) is 0 Å². The van der Waals surface area contributed by atoms with Gasteiger partial charge in [0, 0.05) is 13.1 Å². The van der Waals surface area contributed by atoms with Gasteiger partial charge in [0.25, 0.3) is 0 Å². The third kappa shape index (κ3) is 4.64. The zero-order chi connectivity index (χ0) is 10.9. The van der Waals surface area contributed by atoms with E-state index in [2.05, 4.69) is 23.0 Å². The molecule has 15 heavy (non-hydrogen) atoms. The van der Waals surface area contributed by atoms with Crippen LogP contribution in [0.15, 0.2) is 30.3 Å². The third-order valence-corrected chi connectivity index (χ3v) is 2.24. The largest absolute Gasteiger partial charge is 0.330 e. The molecule has 1 aromatic rings. The smallest absolute Gasteiger partial charge is 0.0601 e. The van der Waals surface area contributed by atoms with Crippen molar-refractivity contribution < 1.29 is 0 Å². The van der Waals surface area contributed by atoms with Gasteiger partial charge in [0.15, 0.2) is 0 Å². The topological polar surface area (TPSA) is 29.3 Å². The lowest BCUT2D eigenvalue weighted by Gasteiger charge is -2.19. The maximum atomic E-state index is 5.49. The van der Waals surface area contributed by atoms with Gasteiger partial charge in [-0.05, 0) is 18.5 Å². The zero-order valence-corrected chi connectivity index (χ0v) is 9.02. The Balaban J connectivity index is 2.47. The van der Waals surface area contributed by atoms with Crippen LogP contribution in [0.2, 0.25) is 0 Å². The molecular weight excluding hydrogens is 184 g/mol. The van der Waals surface area contributed by atoms with E-state index in [9.17, 15) is 0 Å². The highest BCUT2D eigenvalue weighted by Crippen LogP contribution is 2.04. The summed E-state index contributed by atoms with van der Waals surface area (Å²) in [7, 11) is 0. The summed E-state index contributed by atoms with van der Waals surface area (Å²) < 4.78 is 0. The number of hydrogen-bond donors (Lipinski definition) is 1. The highest BCUT2D eigenvalue weighted by Gasteiger charge is 2.02. The molecule has 2 N–H and O–H groups in total. The van der Waals surface area contributed by atoms with Crippen molar-refractivity contribution in [1.82, 2.24) is 4.90 Å². The monoisotopic (exact) mass is 202 g/mol. The lowest BCUT2D eigenvalue weighted by Crippen LogP contribution is -2.26. The molecule has 0 amide bonds. The summed E-state index contributed by atoms with van der Waals surface area (Å²) in [4.78, 5) is 2.24. The molecule has 80 valence electrons. The van der Waals surface area contributed by atoms with Crippen LogP contribution >= 0.6 is 0 Å². The molecule has 0 radical (unpaired) electrons. The van der Waals surface area contributed by atoms with Crippen LogP contribution in [0.3, 0.4) is 0 Å². The van der Waals surface area contributed by atoms with Crippen molar-refractivity contribution in [3.8, 4) is 12.3 Å². The Morgan fingerprint density at radius 3 is 2.60 bits per heavy atom. The van der Waals surface area contributed by atoms with Gasteiger partial charge in [-0.15, -0.1) is 6.42 Å². The SMILES string of the molecule is C#CCN(CCCN)Cc1ccccc1. The predicted molar refractivity (Wildman–Crippen MR) is 64.2 cm³/mol. The molecule has 0 aliphatic heterocycles. The summed E-state index contributed by atoms with van der Waals surface area (Å²) >= 11 is 0. The van der Waals surface area contributed by atoms with Crippen molar-refractivity contribution in [2.75, 3.05) is 19.6 Å². The molecule has 1 aromatic carbocycles. The Labute approximate surface area is 92.1 Å². The minimum atomic E-state index is 0.689. The fourth-order valence-electron chi connectivity index (χ4n) is 1.50. The molecule has 0 atom stereocenters. The zero-order valence-electron chi connectivity index (χ0n) is 9.02. The Kier molecular flexibility index (Phi) is 5.54. The number of rotatable bonds is 6. The van der Waals surface area contributed by atoms with Gasteiger partial charge < -0.3 is 5.73 Å². The van der Waals surface area contributed by atoms with Crippen molar-refractivity contribution in [2.45, 2.75) is 13.0 Å². The van der Waals surface area contributed by atoms with Crippen LogP contribution < -0.4 is 5.73 Å². The molecule has 0 saturated heterocycles. The molecule has 0 fully saturated rings. The maximum absolute atomic E-state index is 5.49. The molecule has 0 bridgehead atoms. The van der Waals surface area contributed by atoms with Crippen LogP contribution in [0.1, 0.15) is 12.0 Å². The Morgan fingerprint density at radius 2 is 2.00 bits per heavy atom. The minimum absolute atomic E-state index is 0.689. The molecule has 0 aliphatic rings. The molecule has 0 spiro atoms. The third-order valence-electron chi connectivity index (χ3n) is 2.24. The van der Waals surface area contributed by atoms with Crippen LogP contribution in [0.4, 0.5) is 0 Å². The van der Waals surface area contributed by atoms with Crippen molar-refractivity contribution >= 4 is 0 Å². The van der Waals surface area contributed by atoms with Crippen LogP contribution in [-0.4, -0.2) is 24.5 Å². The summed E-state index contributed by atoms with van der Waals surface area (Å²) in [5.74, 6) is 2.68. The average molecular weight is 202 g/mol. The van der Waals surface area contributed by atoms with Gasteiger partial charge in [-0.1, -0.05) is 36.3 Å². The fraction of sp³-hybridized carbons (Fsp3) is 0.385. The van der Waals surface area contributed by atoms with Crippen molar-refractivity contribution in [3.63, 3.8) is 0 Å². The van der Waals surface area contributed by atoms with E-state index in [0.717, 1.165) is 26.1 Å². The van der Waals surface area contributed by atoms with Crippen molar-refractivity contribution in [2.24, 2.45) is 5.73 Å². The molecule has 0 saturated carbocycles. The van der Waals surface area contributed by atoms with Crippen molar-refractivity contribution in [3.05, 3.63) is 35.9 Å². The summed E-state index contributed by atoms with van der Waals surface area (Å²) in [6.45, 7) is 3.28. The molecular formula is C13H18N2. The van der Waals surface area contributed by atoms with E-state index in [-0.39, 0.29) is 0 Å². The molecule has 0 heterocycles. The minimum Gasteiger partial charge on any atom is -0.330 e. The van der Waals surface area contributed by atoms with Crippen LogP contribution in [-0.2, 0) is 6.54 Å². The molecule has 1 rings (SSSR count). The highest BCUT2D eigenvalue weighted by molar-refractivity contribution is 5.14. The van der Waals surface area contributed by atoms with E-state index in [1.54, 1.807) is 0 Å². The van der Waals surface area contributed by atoms with Gasteiger partial charge >= 0.3 is 0 Å². The molecule has 2 heteroatoms. The second kappa shape index (κ2) is 7.05. The van der Waals surface area contributed by atoms with Gasteiger partial charge in [-0.25, -0.2) is 0 Å². The number of nitrogens with zero attached hydrogens (tertiary/aromatic N) is 1. The molecule has 2 nitrogen and oxygen atoms in total. The van der Waals surface area contributed by atoms with Crippen molar-refractivity contribution in [1.29, 1.82) is 0 Å². The van der Waals surface area contributed by atoms with Gasteiger partial charge in [0.1, 0.15) is 0 Å². The normalized spacial score (nSPS) is 10.2. The molecule has 0 unspecified atom stereocenters. The second-order valence-corrected chi connectivity index (χ2v) is 3.54. The second-order valence-electron chi connectivity index (χ2n) is 3.54. The van der Waals surface area contributed by atoms with Gasteiger partial charge in [0.05, 0.1) is 6.54 Å². The highest BCUT2D eigenvalue weighted by atomic mass is 15.1. The number of terminal acetylenes is 1. The van der Waals surface area contributed by atoms with E-state index in [0.29, 0.717) is 6.54 Å². The number of nitrogens with two attached hydrogens (primary N) is 1. The van der Waals surface area contributed by atoms with Crippen LogP contribution in [0, 0.1) is 12.3 Å². The van der Waals surface area contributed by atoms with E-state index < -0.39 is 0 Å². The Hall–Kier alpha value is -1.30. The Morgan fingerprint density at radius 1 is 1.27 bits per heavy atom. The number of hydrogen-bond acceptors (Lipinski definition) is 2. The summed E-state index contributed by atoms with van der Waals surface area (Å²) in [5, 5.41) is 0. The first-order valence-electron chi connectivity index (χ1n) is 5.26. The summed E-state index contributed by atoms with van der Waals surface area (Å²) in [5.41, 5.74) is 6.78. The molecule has 0 aliphatic carbocycles. The standard InChI is InChI=1S/C13H18N2/c1-2-10-15(11-6-9-14)12-13-7-4-3-5-8-13/h1,3-5,7-8H,6,9-12,14H2. The number of benzene rings is 1. The van der Waals surface area contributed by atoms with Crippen LogP contribution in [0.5, 0.6) is 0 Å². The van der Waals surface area contributed by atoms with E-state index >= 15 is 0 Å². The predicted octanol–water partition coefficient (Wildman–Crippen LogP) is 1.47. The van der Waals surface area contributed by atoms with Crippen LogP contribution in [0.25, 0.3) is 0 Å². The first kappa shape index (κ1) is 11.8. The van der Waals surface area contributed by atoms with E-state index in [4.69, 9.17) is 12.2 Å². The summed E-state index contributed by atoms with van der Waals surface area (Å²) in [6.07, 6.45) is 6.33.